The van der Waals surface area contributed by atoms with E-state index >= 15 is 0 Å². The van der Waals surface area contributed by atoms with Gasteiger partial charge >= 0.3 is 0 Å². The fourth-order valence-corrected chi connectivity index (χ4v) is 1.86. The zero-order valence-electron chi connectivity index (χ0n) is 8.65. The Labute approximate surface area is 88.3 Å². The highest BCUT2D eigenvalue weighted by Gasteiger charge is 2.33. The number of hydrogen-bond donors (Lipinski definition) is 2. The number of rotatable bonds is 3. The highest BCUT2D eigenvalue weighted by Crippen LogP contribution is 2.34. The molecule has 82 valence electrons. The van der Waals surface area contributed by atoms with Gasteiger partial charge in [0.15, 0.2) is 0 Å². The fraction of sp³-hybridized carbons (Fsp3) is 0.545. The summed E-state index contributed by atoms with van der Waals surface area (Å²) in [6.45, 7) is 0.709. The lowest BCUT2D eigenvalue weighted by Crippen LogP contribution is -2.37. The van der Waals surface area contributed by atoms with E-state index in [1.807, 2.05) is 4.57 Å². The Balaban J connectivity index is 1.99. The van der Waals surface area contributed by atoms with Gasteiger partial charge in [-0.2, -0.15) is 0 Å². The Hall–Kier alpha value is -1.29. The van der Waals surface area contributed by atoms with E-state index in [1.54, 1.807) is 12.4 Å². The summed E-state index contributed by atoms with van der Waals surface area (Å²) >= 11 is 0. The summed E-state index contributed by atoms with van der Waals surface area (Å²) in [6.07, 6.45) is 6.97. The number of aliphatic hydroxyl groups is 1. The molecule has 1 aliphatic carbocycles. The minimum Gasteiger partial charge on any atom is -0.394 e. The second kappa shape index (κ2) is 3.70. The maximum atomic E-state index is 11.1. The molecule has 1 saturated carbocycles. The largest absolute Gasteiger partial charge is 0.394 e. The van der Waals surface area contributed by atoms with Gasteiger partial charge in [0.1, 0.15) is 0 Å². The van der Waals surface area contributed by atoms with Crippen LogP contribution in [-0.2, 0) is 6.54 Å². The summed E-state index contributed by atoms with van der Waals surface area (Å²) in [5.41, 5.74) is 5.15. The van der Waals surface area contributed by atoms with E-state index in [1.165, 1.54) is 6.07 Å². The van der Waals surface area contributed by atoms with Crippen LogP contribution in [0.1, 0.15) is 25.7 Å². The predicted octanol–water partition coefficient (Wildman–Crippen LogP) is 0.736. The van der Waals surface area contributed by atoms with Crippen molar-refractivity contribution in [1.29, 1.82) is 0 Å². The van der Waals surface area contributed by atoms with Crippen LogP contribution in [0, 0.1) is 0 Å². The van der Waals surface area contributed by atoms with Crippen LogP contribution in [0.4, 0.5) is 5.69 Å². The molecule has 0 bridgehead atoms. The molecule has 0 unspecified atom stereocenters. The monoisotopic (exact) mass is 208 g/mol. The van der Waals surface area contributed by atoms with E-state index < -0.39 is 5.60 Å². The van der Waals surface area contributed by atoms with Crippen molar-refractivity contribution in [1.82, 2.24) is 4.57 Å². The molecule has 1 aromatic heterocycles. The molecule has 3 N–H and O–H groups in total. The number of aryl methyl sites for hydroxylation is 1. The Morgan fingerprint density at radius 2 is 2.27 bits per heavy atom. The lowest BCUT2D eigenvalue weighted by atomic mass is 9.78. The fourth-order valence-electron chi connectivity index (χ4n) is 1.86. The molecular weight excluding hydrogens is 192 g/mol. The third-order valence-corrected chi connectivity index (χ3v) is 3.13. The number of hydrogen-bond acceptors (Lipinski definition) is 3. The average molecular weight is 208 g/mol. The van der Waals surface area contributed by atoms with Crippen molar-refractivity contribution in [2.24, 2.45) is 0 Å². The molecule has 4 nitrogen and oxygen atoms in total. The summed E-state index contributed by atoms with van der Waals surface area (Å²) < 4.78 is 1.85. The van der Waals surface area contributed by atoms with E-state index in [2.05, 4.69) is 0 Å². The normalized spacial score (nSPS) is 18.5. The molecule has 15 heavy (non-hydrogen) atoms. The SMILES string of the molecule is Nc1cn(CCC2(O)CCC2)ccc1=O. The highest BCUT2D eigenvalue weighted by atomic mass is 16.3. The van der Waals surface area contributed by atoms with Gasteiger partial charge in [-0.1, -0.05) is 0 Å². The van der Waals surface area contributed by atoms with Gasteiger partial charge < -0.3 is 15.4 Å². The van der Waals surface area contributed by atoms with Gasteiger partial charge in [-0.15, -0.1) is 0 Å². The van der Waals surface area contributed by atoms with Crippen LogP contribution in [0.5, 0.6) is 0 Å². The van der Waals surface area contributed by atoms with Gasteiger partial charge in [-0.3, -0.25) is 4.79 Å². The lowest BCUT2D eigenvalue weighted by Gasteiger charge is -2.36. The molecule has 0 atom stereocenters. The van der Waals surface area contributed by atoms with Crippen LogP contribution in [-0.4, -0.2) is 15.3 Å². The van der Waals surface area contributed by atoms with Gasteiger partial charge in [0.2, 0.25) is 5.43 Å². The molecule has 1 heterocycles. The molecule has 2 rings (SSSR count). The van der Waals surface area contributed by atoms with Gasteiger partial charge in [-0.05, 0) is 25.7 Å². The lowest BCUT2D eigenvalue weighted by molar-refractivity contribution is -0.0432. The molecule has 0 aliphatic heterocycles. The number of nitrogen functional groups attached to an aromatic ring is 1. The summed E-state index contributed by atoms with van der Waals surface area (Å²) in [5, 5.41) is 9.89. The van der Waals surface area contributed by atoms with Crippen molar-refractivity contribution in [3.63, 3.8) is 0 Å². The summed E-state index contributed by atoms with van der Waals surface area (Å²) in [4.78, 5) is 11.1. The van der Waals surface area contributed by atoms with Crippen molar-refractivity contribution in [3.8, 4) is 0 Å². The van der Waals surface area contributed by atoms with Crippen LogP contribution < -0.4 is 11.2 Å². The van der Waals surface area contributed by atoms with Gasteiger partial charge in [0, 0.05) is 25.0 Å². The first-order valence-electron chi connectivity index (χ1n) is 5.27. The van der Waals surface area contributed by atoms with E-state index in [0.717, 1.165) is 25.7 Å². The summed E-state index contributed by atoms with van der Waals surface area (Å²) in [6, 6.07) is 1.46. The van der Waals surface area contributed by atoms with Crippen molar-refractivity contribution < 1.29 is 5.11 Å². The van der Waals surface area contributed by atoms with Crippen molar-refractivity contribution in [3.05, 3.63) is 28.7 Å². The molecule has 0 radical (unpaired) electrons. The number of nitrogens with two attached hydrogens (primary N) is 1. The molecule has 1 fully saturated rings. The molecule has 4 heteroatoms. The topological polar surface area (TPSA) is 68.2 Å². The van der Waals surface area contributed by atoms with E-state index in [4.69, 9.17) is 5.73 Å². The second-order valence-electron chi connectivity index (χ2n) is 4.33. The third kappa shape index (κ3) is 2.21. The Morgan fingerprint density at radius 1 is 1.53 bits per heavy atom. The minimum absolute atomic E-state index is 0.145. The first-order valence-corrected chi connectivity index (χ1v) is 5.27. The van der Waals surface area contributed by atoms with Crippen molar-refractivity contribution >= 4 is 5.69 Å². The minimum atomic E-state index is -0.474. The maximum Gasteiger partial charge on any atom is 0.204 e. The quantitative estimate of drug-likeness (QED) is 0.769. The first-order chi connectivity index (χ1) is 7.09. The number of aromatic nitrogens is 1. The zero-order valence-corrected chi connectivity index (χ0v) is 8.65. The molecule has 0 spiro atoms. The molecule has 0 amide bonds. The molecule has 0 aromatic carbocycles. The third-order valence-electron chi connectivity index (χ3n) is 3.13. The molecule has 1 aliphatic rings. The summed E-state index contributed by atoms with van der Waals surface area (Å²) in [5.74, 6) is 0. The van der Waals surface area contributed by atoms with Crippen LogP contribution >= 0.6 is 0 Å². The van der Waals surface area contributed by atoms with Crippen LogP contribution in [0.3, 0.4) is 0 Å². The number of pyridine rings is 1. The van der Waals surface area contributed by atoms with E-state index in [9.17, 15) is 9.90 Å². The standard InChI is InChI=1S/C11H16N2O2/c12-9-8-13(6-2-10(9)14)7-5-11(15)3-1-4-11/h2,6,8,15H,1,3-5,7,12H2. The van der Waals surface area contributed by atoms with E-state index in [0.29, 0.717) is 6.54 Å². The zero-order chi connectivity index (χ0) is 10.9. The van der Waals surface area contributed by atoms with Crippen LogP contribution in [0.15, 0.2) is 23.3 Å². The van der Waals surface area contributed by atoms with E-state index in [-0.39, 0.29) is 11.1 Å². The maximum absolute atomic E-state index is 11.1. The smallest absolute Gasteiger partial charge is 0.204 e. The molecule has 1 aromatic rings. The first kappa shape index (κ1) is 10.2. The van der Waals surface area contributed by atoms with Crippen molar-refractivity contribution in [2.75, 3.05) is 5.73 Å². The molecule has 0 saturated heterocycles. The number of nitrogens with zero attached hydrogens (tertiary/aromatic N) is 1. The van der Waals surface area contributed by atoms with Gasteiger partial charge in [-0.25, -0.2) is 0 Å². The van der Waals surface area contributed by atoms with Gasteiger partial charge in [0.05, 0.1) is 11.3 Å². The summed E-state index contributed by atoms with van der Waals surface area (Å²) in [7, 11) is 0. The average Bonchev–Trinajstić information content (AvgIpc) is 2.17. The van der Waals surface area contributed by atoms with Crippen molar-refractivity contribution in [2.45, 2.75) is 37.8 Å². The Kier molecular flexibility index (Phi) is 2.52. The highest BCUT2D eigenvalue weighted by molar-refractivity contribution is 5.33. The Morgan fingerprint density at radius 3 is 2.80 bits per heavy atom. The Bertz CT molecular complexity index is 407. The van der Waals surface area contributed by atoms with Gasteiger partial charge in [0.25, 0.3) is 0 Å². The molecular formula is C11H16N2O2. The second-order valence-corrected chi connectivity index (χ2v) is 4.33. The van der Waals surface area contributed by atoms with Crippen LogP contribution in [0.25, 0.3) is 0 Å². The van der Waals surface area contributed by atoms with Crippen LogP contribution in [0.2, 0.25) is 0 Å². The number of anilines is 1. The predicted molar refractivity (Wildman–Crippen MR) is 58.5 cm³/mol.